The Morgan fingerprint density at radius 3 is 1.09 bits per heavy atom. The topological polar surface area (TPSA) is 130 Å². The Labute approximate surface area is 89.2 Å². The van der Waals surface area contributed by atoms with Crippen molar-refractivity contribution in [3.05, 3.63) is 31.5 Å². The van der Waals surface area contributed by atoms with Crippen molar-refractivity contribution in [2.45, 2.75) is 0 Å². The van der Waals surface area contributed by atoms with Crippen LogP contribution in [0.3, 0.4) is 0 Å². The van der Waals surface area contributed by atoms with E-state index in [1.807, 2.05) is 0 Å². The normalized spacial score (nSPS) is 7.64. The Balaban J connectivity index is 0. The van der Waals surface area contributed by atoms with Gasteiger partial charge in [-0.3, -0.25) is 15.0 Å². The first-order valence-corrected chi connectivity index (χ1v) is 2.11. The van der Waals surface area contributed by atoms with E-state index in [0.29, 0.717) is 0 Å². The van der Waals surface area contributed by atoms with Gasteiger partial charge in [-0.2, -0.15) is 0 Å². The molecule has 0 aliphatic heterocycles. The van der Waals surface area contributed by atoms with Gasteiger partial charge >= 0.3 is 54.8 Å². The van der Waals surface area contributed by atoms with Crippen LogP contribution in [-0.2, 0) is 0 Å². The average molecular weight is 189 g/mol. The van der Waals surface area contributed by atoms with Crippen molar-refractivity contribution in [2.24, 2.45) is 0 Å². The molecular weight excluding hydrogens is 182 g/mol. The molecule has 60 valence electrons. The third-order valence-electron chi connectivity index (χ3n) is 0.681. The molecule has 11 heavy (non-hydrogen) atoms. The summed E-state index contributed by atoms with van der Waals surface area (Å²) in [6.45, 7) is 0. The quantitative estimate of drug-likeness (QED) is 0.359. The number of nitrogens with one attached hydrogen (secondary N) is 3. The van der Waals surface area contributed by atoms with Crippen molar-refractivity contribution < 1.29 is 5.48 Å². The molecule has 0 aliphatic carbocycles. The molecule has 1 rings (SSSR count). The van der Waals surface area contributed by atoms with Gasteiger partial charge < -0.3 is 5.48 Å². The molecular formula is C3H7CaN3O4. The van der Waals surface area contributed by atoms with Crippen LogP contribution in [0.1, 0.15) is 0 Å². The van der Waals surface area contributed by atoms with Gasteiger partial charge in [0.05, 0.1) is 0 Å². The molecule has 0 unspecified atom stereocenters. The van der Waals surface area contributed by atoms with Crippen LogP contribution in [0.4, 0.5) is 0 Å². The second kappa shape index (κ2) is 5.30. The second-order valence-corrected chi connectivity index (χ2v) is 1.36. The van der Waals surface area contributed by atoms with Crippen LogP contribution >= 0.6 is 0 Å². The SMILES string of the molecule is O.O=c1[nH]c(=O)[nH]c(=O)[nH]1.[CaH2]. The predicted octanol–water partition coefficient (Wildman–Crippen LogP) is -3.99. The van der Waals surface area contributed by atoms with Gasteiger partial charge in [0.1, 0.15) is 0 Å². The van der Waals surface area contributed by atoms with Crippen LogP contribution in [0, 0.1) is 0 Å². The molecule has 0 aromatic carbocycles. The monoisotopic (exact) mass is 189 g/mol. The van der Waals surface area contributed by atoms with E-state index in [0.717, 1.165) is 0 Å². The molecule has 0 atom stereocenters. The maximum atomic E-state index is 10.2. The Hall–Kier alpha value is -0.370. The van der Waals surface area contributed by atoms with E-state index in [9.17, 15) is 14.4 Å². The Morgan fingerprint density at radius 1 is 0.727 bits per heavy atom. The van der Waals surface area contributed by atoms with Gasteiger partial charge in [0.25, 0.3) is 0 Å². The number of aromatic amines is 3. The second-order valence-electron chi connectivity index (χ2n) is 1.36. The van der Waals surface area contributed by atoms with Gasteiger partial charge in [-0.1, -0.05) is 0 Å². The first-order valence-electron chi connectivity index (χ1n) is 2.11. The summed E-state index contributed by atoms with van der Waals surface area (Å²) >= 11 is 0. The number of H-pyrrole nitrogens is 3. The molecule has 5 N–H and O–H groups in total. The maximum absolute atomic E-state index is 10.2. The zero-order chi connectivity index (χ0) is 6.85. The molecule has 0 radical (unpaired) electrons. The molecule has 0 aliphatic rings. The van der Waals surface area contributed by atoms with E-state index in [1.54, 1.807) is 15.0 Å². The fourth-order valence-electron chi connectivity index (χ4n) is 0.403. The number of hydrogen-bond donors (Lipinski definition) is 3. The summed E-state index contributed by atoms with van der Waals surface area (Å²) in [6.07, 6.45) is 0. The summed E-state index contributed by atoms with van der Waals surface area (Å²) in [4.78, 5) is 35.9. The van der Waals surface area contributed by atoms with Crippen molar-refractivity contribution in [3.63, 3.8) is 0 Å². The van der Waals surface area contributed by atoms with Crippen LogP contribution < -0.4 is 17.1 Å². The van der Waals surface area contributed by atoms with E-state index in [1.165, 1.54) is 0 Å². The minimum atomic E-state index is -0.802. The number of hydrogen-bond acceptors (Lipinski definition) is 3. The molecule has 1 aromatic heterocycles. The van der Waals surface area contributed by atoms with Crippen molar-refractivity contribution in [1.29, 1.82) is 0 Å². The first-order chi connectivity index (χ1) is 4.18. The minimum absolute atomic E-state index is 0. The van der Waals surface area contributed by atoms with Crippen molar-refractivity contribution >= 4 is 37.7 Å². The average Bonchev–Trinajstić information content (AvgIpc) is 1.59. The first kappa shape index (κ1) is 13.2. The number of rotatable bonds is 0. The van der Waals surface area contributed by atoms with E-state index in [4.69, 9.17) is 0 Å². The molecule has 0 spiro atoms. The van der Waals surface area contributed by atoms with Gasteiger partial charge in [-0.15, -0.1) is 0 Å². The fraction of sp³-hybridized carbons (Fsp3) is 0. The standard InChI is InChI=1S/C3H3N3O3.Ca.H2O.2H/c7-1-4-2(8)6-3(9)5-1;;;;/h(H3,4,5,6,7,8,9);;1H2;;. The molecule has 1 heterocycles. The predicted molar refractivity (Wildman–Crippen MR) is 40.5 cm³/mol. The van der Waals surface area contributed by atoms with Crippen LogP contribution in [-0.4, -0.2) is 58.2 Å². The Morgan fingerprint density at radius 2 is 0.909 bits per heavy atom. The summed E-state index contributed by atoms with van der Waals surface area (Å²) < 4.78 is 0. The fourth-order valence-corrected chi connectivity index (χ4v) is 0.403. The van der Waals surface area contributed by atoms with Crippen LogP contribution in [0.15, 0.2) is 14.4 Å². The van der Waals surface area contributed by atoms with E-state index < -0.39 is 17.1 Å². The molecule has 0 fully saturated rings. The van der Waals surface area contributed by atoms with Crippen molar-refractivity contribution in [2.75, 3.05) is 0 Å². The van der Waals surface area contributed by atoms with Crippen molar-refractivity contribution in [3.8, 4) is 0 Å². The zero-order valence-corrected chi connectivity index (χ0v) is 4.72. The van der Waals surface area contributed by atoms with Gasteiger partial charge in [0.2, 0.25) is 0 Å². The van der Waals surface area contributed by atoms with Crippen LogP contribution in [0.5, 0.6) is 0 Å². The molecule has 0 amide bonds. The van der Waals surface area contributed by atoms with E-state index in [-0.39, 0.29) is 43.2 Å². The third kappa shape index (κ3) is 4.14. The third-order valence-corrected chi connectivity index (χ3v) is 0.681. The summed E-state index contributed by atoms with van der Waals surface area (Å²) in [5, 5.41) is 0. The summed E-state index contributed by atoms with van der Waals surface area (Å²) in [7, 11) is 0. The number of aromatic nitrogens is 3. The summed E-state index contributed by atoms with van der Waals surface area (Å²) in [5.41, 5.74) is -2.41. The van der Waals surface area contributed by atoms with E-state index >= 15 is 0 Å². The van der Waals surface area contributed by atoms with Gasteiger partial charge in [-0.05, 0) is 0 Å². The molecule has 7 nitrogen and oxygen atoms in total. The zero-order valence-electron chi connectivity index (χ0n) is 4.72. The van der Waals surface area contributed by atoms with Crippen LogP contribution in [0.2, 0.25) is 0 Å². The van der Waals surface area contributed by atoms with Crippen LogP contribution in [0.25, 0.3) is 0 Å². The Bertz CT molecular complexity index is 283. The Kier molecular flexibility index (Phi) is 6.38. The van der Waals surface area contributed by atoms with E-state index in [2.05, 4.69) is 0 Å². The van der Waals surface area contributed by atoms with Gasteiger partial charge in [-0.25, -0.2) is 14.4 Å². The van der Waals surface area contributed by atoms with Gasteiger partial charge in [0.15, 0.2) is 0 Å². The van der Waals surface area contributed by atoms with Gasteiger partial charge in [0, 0.05) is 0 Å². The summed E-state index contributed by atoms with van der Waals surface area (Å²) in [6, 6.07) is 0. The van der Waals surface area contributed by atoms with Crippen molar-refractivity contribution in [1.82, 2.24) is 15.0 Å². The molecule has 1 aromatic rings. The molecule has 8 heteroatoms. The molecule has 0 saturated carbocycles. The molecule has 0 saturated heterocycles. The summed E-state index contributed by atoms with van der Waals surface area (Å²) in [5.74, 6) is 0. The molecule has 0 bridgehead atoms.